The summed E-state index contributed by atoms with van der Waals surface area (Å²) in [4.78, 5) is 4.42. The van der Waals surface area contributed by atoms with Gasteiger partial charge in [0.25, 0.3) is 0 Å². The minimum Gasteiger partial charge on any atom is -0.497 e. The molecule has 0 saturated carbocycles. The Labute approximate surface area is 177 Å². The number of halogens is 2. The fourth-order valence-corrected chi connectivity index (χ4v) is 2.47. The van der Waals surface area contributed by atoms with E-state index in [0.29, 0.717) is 25.5 Å². The van der Waals surface area contributed by atoms with Crippen molar-refractivity contribution in [3.63, 3.8) is 0 Å². The highest BCUT2D eigenvalue weighted by molar-refractivity contribution is 14.0. The first-order valence-corrected chi connectivity index (χ1v) is 8.71. The maximum atomic E-state index is 13.2. The van der Waals surface area contributed by atoms with E-state index in [1.807, 2.05) is 37.3 Å². The summed E-state index contributed by atoms with van der Waals surface area (Å²) in [5.74, 6) is 1.14. The van der Waals surface area contributed by atoms with Crippen LogP contribution in [0.4, 0.5) is 4.39 Å². The first-order chi connectivity index (χ1) is 12.6. The van der Waals surface area contributed by atoms with E-state index in [2.05, 4.69) is 15.6 Å². The second-order valence-corrected chi connectivity index (χ2v) is 5.82. The van der Waals surface area contributed by atoms with Gasteiger partial charge in [-0.2, -0.15) is 0 Å². The number of ether oxygens (including phenoxy) is 1. The van der Waals surface area contributed by atoms with E-state index in [-0.39, 0.29) is 36.3 Å². The zero-order chi connectivity index (χ0) is 18.8. The van der Waals surface area contributed by atoms with Crippen molar-refractivity contribution in [1.29, 1.82) is 0 Å². The van der Waals surface area contributed by atoms with E-state index in [4.69, 9.17) is 4.74 Å². The zero-order valence-electron chi connectivity index (χ0n) is 15.6. The van der Waals surface area contributed by atoms with Gasteiger partial charge in [-0.05, 0) is 48.7 Å². The fraction of sp³-hybridized carbons (Fsp3) is 0.350. The lowest BCUT2D eigenvalue weighted by Gasteiger charge is -2.13. The Balaban J connectivity index is 0.00000364. The molecule has 0 radical (unpaired) electrons. The lowest BCUT2D eigenvalue weighted by atomic mass is 10.1. The zero-order valence-corrected chi connectivity index (χ0v) is 17.9. The van der Waals surface area contributed by atoms with E-state index >= 15 is 0 Å². The molecule has 0 aliphatic rings. The molecule has 0 aromatic heterocycles. The number of aliphatic imine (C=N–C) groups is 1. The van der Waals surface area contributed by atoms with E-state index < -0.39 is 6.10 Å². The molecule has 0 fully saturated rings. The molecular formula is C20H27FIN3O2. The van der Waals surface area contributed by atoms with E-state index in [1.54, 1.807) is 13.2 Å². The van der Waals surface area contributed by atoms with E-state index in [0.717, 1.165) is 16.9 Å². The van der Waals surface area contributed by atoms with Crippen molar-refractivity contribution in [1.82, 2.24) is 10.6 Å². The number of hydrogen-bond acceptors (Lipinski definition) is 3. The molecule has 27 heavy (non-hydrogen) atoms. The first kappa shape index (κ1) is 23.2. The normalized spacial score (nSPS) is 12.1. The molecule has 0 saturated heterocycles. The molecular weight excluding hydrogens is 460 g/mol. The molecule has 5 nitrogen and oxygen atoms in total. The van der Waals surface area contributed by atoms with Crippen molar-refractivity contribution < 1.29 is 14.2 Å². The summed E-state index contributed by atoms with van der Waals surface area (Å²) in [7, 11) is 1.61. The Morgan fingerprint density at radius 1 is 1.19 bits per heavy atom. The van der Waals surface area contributed by atoms with Crippen LogP contribution in [0.25, 0.3) is 0 Å². The molecule has 2 rings (SSSR count). The molecule has 7 heteroatoms. The lowest BCUT2D eigenvalue weighted by Crippen LogP contribution is -2.38. The van der Waals surface area contributed by atoms with Crippen LogP contribution in [0.1, 0.15) is 24.2 Å². The number of rotatable bonds is 8. The quantitative estimate of drug-likeness (QED) is 0.304. The highest BCUT2D eigenvalue weighted by Crippen LogP contribution is 2.17. The molecule has 0 aliphatic heterocycles. The summed E-state index contributed by atoms with van der Waals surface area (Å²) < 4.78 is 18.3. The Morgan fingerprint density at radius 2 is 1.93 bits per heavy atom. The third kappa shape index (κ3) is 8.13. The molecule has 2 aromatic rings. The van der Waals surface area contributed by atoms with Gasteiger partial charge in [-0.3, -0.25) is 4.99 Å². The average Bonchev–Trinajstić information content (AvgIpc) is 2.66. The highest BCUT2D eigenvalue weighted by atomic mass is 127. The van der Waals surface area contributed by atoms with Gasteiger partial charge < -0.3 is 20.5 Å². The molecule has 0 spiro atoms. The van der Waals surface area contributed by atoms with Crippen LogP contribution in [-0.4, -0.2) is 37.8 Å². The van der Waals surface area contributed by atoms with Gasteiger partial charge in [-0.15, -0.1) is 24.0 Å². The Kier molecular flexibility index (Phi) is 10.7. The minimum absolute atomic E-state index is 0. The predicted octanol–water partition coefficient (Wildman–Crippen LogP) is 3.28. The molecule has 1 unspecified atom stereocenters. The van der Waals surface area contributed by atoms with Crippen molar-refractivity contribution in [3.05, 3.63) is 65.5 Å². The summed E-state index contributed by atoms with van der Waals surface area (Å²) in [5.41, 5.74) is 1.71. The maximum absolute atomic E-state index is 13.2. The Hall–Kier alpha value is -1.87. The van der Waals surface area contributed by atoms with Crippen molar-refractivity contribution in [3.8, 4) is 5.75 Å². The second kappa shape index (κ2) is 12.5. The van der Waals surface area contributed by atoms with Gasteiger partial charge in [0.15, 0.2) is 5.96 Å². The molecule has 2 aromatic carbocycles. The van der Waals surface area contributed by atoms with Crippen LogP contribution in [0.5, 0.6) is 5.75 Å². The number of methoxy groups -OCH3 is 1. The number of aliphatic hydroxyl groups is 1. The van der Waals surface area contributed by atoms with Gasteiger partial charge in [0.05, 0.1) is 19.8 Å². The van der Waals surface area contributed by atoms with Crippen molar-refractivity contribution in [2.75, 3.05) is 26.7 Å². The number of benzene rings is 2. The standard InChI is InChI=1S/C20H26FN3O2.HI/c1-3-22-20(23-12-11-15-5-4-6-17(21)13-15)24-14-19(25)16-7-9-18(26-2)10-8-16;/h4-10,13,19,25H,3,11-12,14H2,1-2H3,(H2,22,23,24);1H. The minimum atomic E-state index is -0.695. The third-order valence-electron chi connectivity index (χ3n) is 3.86. The number of aliphatic hydroxyl groups excluding tert-OH is 1. The van der Waals surface area contributed by atoms with Gasteiger partial charge >= 0.3 is 0 Å². The number of hydrogen-bond donors (Lipinski definition) is 3. The van der Waals surface area contributed by atoms with Crippen LogP contribution in [-0.2, 0) is 6.42 Å². The van der Waals surface area contributed by atoms with Crippen LogP contribution < -0.4 is 15.4 Å². The molecule has 0 amide bonds. The van der Waals surface area contributed by atoms with Gasteiger partial charge in [-0.1, -0.05) is 24.3 Å². The van der Waals surface area contributed by atoms with Crippen molar-refractivity contribution in [2.45, 2.75) is 19.4 Å². The van der Waals surface area contributed by atoms with Crippen molar-refractivity contribution in [2.24, 2.45) is 4.99 Å². The largest absolute Gasteiger partial charge is 0.497 e. The first-order valence-electron chi connectivity index (χ1n) is 8.71. The van der Waals surface area contributed by atoms with E-state index in [1.165, 1.54) is 12.1 Å². The molecule has 1 atom stereocenters. The second-order valence-electron chi connectivity index (χ2n) is 5.82. The monoisotopic (exact) mass is 487 g/mol. The van der Waals surface area contributed by atoms with Crippen LogP contribution in [0, 0.1) is 5.82 Å². The SMILES string of the molecule is CCNC(=NCC(O)c1ccc(OC)cc1)NCCc1cccc(F)c1.I. The molecule has 0 aliphatic carbocycles. The van der Waals surface area contributed by atoms with Crippen LogP contribution >= 0.6 is 24.0 Å². The molecule has 3 N–H and O–H groups in total. The van der Waals surface area contributed by atoms with Gasteiger partial charge in [0.1, 0.15) is 11.6 Å². The van der Waals surface area contributed by atoms with Gasteiger partial charge in [0.2, 0.25) is 0 Å². The van der Waals surface area contributed by atoms with Crippen molar-refractivity contribution >= 4 is 29.9 Å². The maximum Gasteiger partial charge on any atom is 0.191 e. The lowest BCUT2D eigenvalue weighted by molar-refractivity contribution is 0.187. The smallest absolute Gasteiger partial charge is 0.191 e. The number of guanidine groups is 1. The third-order valence-corrected chi connectivity index (χ3v) is 3.86. The fourth-order valence-electron chi connectivity index (χ4n) is 2.47. The summed E-state index contributed by atoms with van der Waals surface area (Å²) in [5, 5.41) is 16.6. The summed E-state index contributed by atoms with van der Waals surface area (Å²) >= 11 is 0. The van der Waals surface area contributed by atoms with Crippen LogP contribution in [0.15, 0.2) is 53.5 Å². The Morgan fingerprint density at radius 3 is 2.56 bits per heavy atom. The highest BCUT2D eigenvalue weighted by Gasteiger charge is 2.08. The summed E-state index contributed by atoms with van der Waals surface area (Å²) in [6.45, 7) is 3.55. The molecule has 0 heterocycles. The van der Waals surface area contributed by atoms with Crippen LogP contribution in [0.2, 0.25) is 0 Å². The Bertz CT molecular complexity index is 711. The van der Waals surface area contributed by atoms with Gasteiger partial charge in [0, 0.05) is 13.1 Å². The van der Waals surface area contributed by atoms with Gasteiger partial charge in [-0.25, -0.2) is 4.39 Å². The van der Waals surface area contributed by atoms with Crippen LogP contribution in [0.3, 0.4) is 0 Å². The number of nitrogens with one attached hydrogen (secondary N) is 2. The summed E-state index contributed by atoms with van der Waals surface area (Å²) in [6, 6.07) is 13.8. The topological polar surface area (TPSA) is 65.9 Å². The molecule has 148 valence electrons. The average molecular weight is 487 g/mol. The molecule has 0 bridgehead atoms. The predicted molar refractivity (Wildman–Crippen MR) is 117 cm³/mol. The van der Waals surface area contributed by atoms with E-state index in [9.17, 15) is 9.50 Å². The summed E-state index contributed by atoms with van der Waals surface area (Å²) in [6.07, 6.45) is -0.0111. The number of nitrogens with zero attached hydrogens (tertiary/aromatic N) is 1.